The zero-order chi connectivity index (χ0) is 23.5. The summed E-state index contributed by atoms with van der Waals surface area (Å²) in [7, 11) is 3.19. The molecular weight excluding hydrogens is 449 g/mol. The maximum Gasteiger partial charge on any atom is 0.327 e. The number of nitrogens with zero attached hydrogens (tertiary/aromatic N) is 6. The van der Waals surface area contributed by atoms with Crippen LogP contribution in [0.5, 0.6) is 11.8 Å². The molecule has 10 nitrogen and oxygen atoms in total. The van der Waals surface area contributed by atoms with Gasteiger partial charge >= 0.3 is 6.01 Å². The minimum Gasteiger partial charge on any atom is -0.421 e. The van der Waals surface area contributed by atoms with Gasteiger partial charge in [0, 0.05) is 38.9 Å². The van der Waals surface area contributed by atoms with E-state index in [1.807, 2.05) is 4.90 Å². The molecule has 4 rings (SSSR count). The Balaban J connectivity index is 1.70. The van der Waals surface area contributed by atoms with Crippen LogP contribution in [-0.2, 0) is 4.74 Å². The summed E-state index contributed by atoms with van der Waals surface area (Å²) >= 11 is 1.23. The Bertz CT molecular complexity index is 1160. The van der Waals surface area contributed by atoms with E-state index in [2.05, 4.69) is 26.9 Å². The number of nitrogen functional groups attached to an aromatic ring is 1. The number of carbonyl (C=O) groups is 1. The van der Waals surface area contributed by atoms with E-state index in [4.69, 9.17) is 15.2 Å². The number of aromatic nitrogens is 4. The molecule has 1 aliphatic heterocycles. The lowest BCUT2D eigenvalue weighted by molar-refractivity contribution is 0.0827. The van der Waals surface area contributed by atoms with Gasteiger partial charge in [0.25, 0.3) is 5.91 Å². The number of ether oxygens (including phenoxy) is 2. The molecule has 33 heavy (non-hydrogen) atoms. The normalized spacial score (nSPS) is 16.4. The van der Waals surface area contributed by atoms with Crippen LogP contribution in [0, 0.1) is 5.82 Å². The van der Waals surface area contributed by atoms with E-state index in [0.29, 0.717) is 41.5 Å². The predicted octanol–water partition coefficient (Wildman–Crippen LogP) is 2.83. The summed E-state index contributed by atoms with van der Waals surface area (Å²) in [6.07, 6.45) is 2.38. The zero-order valence-electron chi connectivity index (χ0n) is 18.5. The molecule has 0 radical (unpaired) electrons. The maximum atomic E-state index is 14.7. The van der Waals surface area contributed by atoms with Crippen LogP contribution >= 0.6 is 11.3 Å². The van der Waals surface area contributed by atoms with Crippen LogP contribution in [0.4, 0.5) is 15.5 Å². The fourth-order valence-electron chi connectivity index (χ4n) is 3.29. The van der Waals surface area contributed by atoms with Crippen molar-refractivity contribution in [2.75, 3.05) is 44.5 Å². The van der Waals surface area contributed by atoms with Gasteiger partial charge in [0.15, 0.2) is 22.5 Å². The number of anilines is 2. The standard InChI is InChI=1S/C21H24FN7O3S/c1-12-6-8-31-9-7-29(12)20-25-17(16-11-24-19(23)33-16)26-21(27-20)32-15-5-4-13(10-14(15)22)18(30)28(2)3/h4-5,10-12H,6-9H2,1-3H3,(H2,23,24). The number of carbonyl (C=O) groups excluding carboxylic acids is 1. The van der Waals surface area contributed by atoms with Gasteiger partial charge in [-0.05, 0) is 31.5 Å². The molecule has 1 aliphatic rings. The molecule has 3 heterocycles. The van der Waals surface area contributed by atoms with Crippen molar-refractivity contribution in [2.24, 2.45) is 0 Å². The largest absolute Gasteiger partial charge is 0.421 e. The Labute approximate surface area is 194 Å². The van der Waals surface area contributed by atoms with Gasteiger partial charge in [0.1, 0.15) is 0 Å². The van der Waals surface area contributed by atoms with Gasteiger partial charge in [-0.1, -0.05) is 11.3 Å². The van der Waals surface area contributed by atoms with E-state index in [1.54, 1.807) is 20.3 Å². The number of hydrogen-bond acceptors (Lipinski definition) is 10. The molecule has 1 atom stereocenters. The molecule has 174 valence electrons. The molecule has 0 spiro atoms. The Kier molecular flexibility index (Phi) is 6.65. The molecule has 0 aliphatic carbocycles. The quantitative estimate of drug-likeness (QED) is 0.596. The van der Waals surface area contributed by atoms with Crippen LogP contribution in [0.3, 0.4) is 0 Å². The predicted molar refractivity (Wildman–Crippen MR) is 122 cm³/mol. The van der Waals surface area contributed by atoms with Crippen LogP contribution in [0.1, 0.15) is 23.7 Å². The third kappa shape index (κ3) is 5.17. The van der Waals surface area contributed by atoms with Crippen molar-refractivity contribution in [1.29, 1.82) is 0 Å². The molecule has 0 saturated carbocycles. The van der Waals surface area contributed by atoms with Gasteiger partial charge in [0.05, 0.1) is 17.7 Å². The molecule has 1 aromatic carbocycles. The summed E-state index contributed by atoms with van der Waals surface area (Å²) in [5, 5.41) is 0.373. The van der Waals surface area contributed by atoms with Crippen LogP contribution < -0.4 is 15.4 Å². The van der Waals surface area contributed by atoms with Gasteiger partial charge in [0.2, 0.25) is 5.95 Å². The first-order chi connectivity index (χ1) is 15.8. The summed E-state index contributed by atoms with van der Waals surface area (Å²) in [5.74, 6) is -0.416. The molecule has 1 unspecified atom stereocenters. The molecule has 12 heteroatoms. The van der Waals surface area contributed by atoms with Gasteiger partial charge in [-0.2, -0.15) is 15.0 Å². The van der Waals surface area contributed by atoms with Crippen molar-refractivity contribution in [2.45, 2.75) is 19.4 Å². The highest BCUT2D eigenvalue weighted by Crippen LogP contribution is 2.30. The highest BCUT2D eigenvalue weighted by molar-refractivity contribution is 7.18. The van der Waals surface area contributed by atoms with Crippen LogP contribution in [-0.4, -0.2) is 70.6 Å². The smallest absolute Gasteiger partial charge is 0.327 e. The number of nitrogens with two attached hydrogens (primary N) is 1. The third-order valence-corrected chi connectivity index (χ3v) is 5.90. The minimum absolute atomic E-state index is 0.0788. The van der Waals surface area contributed by atoms with Crippen molar-refractivity contribution < 1.29 is 18.7 Å². The highest BCUT2D eigenvalue weighted by atomic mass is 32.1. The van der Waals surface area contributed by atoms with E-state index in [0.717, 1.165) is 12.5 Å². The first-order valence-corrected chi connectivity index (χ1v) is 11.1. The summed E-state index contributed by atoms with van der Waals surface area (Å²) in [6.45, 7) is 3.83. The Morgan fingerprint density at radius 2 is 2.12 bits per heavy atom. The topological polar surface area (TPSA) is 120 Å². The molecule has 2 N–H and O–H groups in total. The molecule has 2 aromatic heterocycles. The number of benzene rings is 1. The van der Waals surface area contributed by atoms with E-state index in [1.165, 1.54) is 28.4 Å². The van der Waals surface area contributed by atoms with Crippen molar-refractivity contribution in [3.8, 4) is 22.5 Å². The van der Waals surface area contributed by atoms with Gasteiger partial charge in [-0.25, -0.2) is 9.37 Å². The van der Waals surface area contributed by atoms with E-state index >= 15 is 0 Å². The van der Waals surface area contributed by atoms with Crippen molar-refractivity contribution in [1.82, 2.24) is 24.8 Å². The maximum absolute atomic E-state index is 14.7. The van der Waals surface area contributed by atoms with Gasteiger partial charge < -0.3 is 25.0 Å². The SMILES string of the molecule is CC1CCOCCN1c1nc(Oc2ccc(C(=O)N(C)C)cc2F)nc(-c2cnc(N)s2)n1. The van der Waals surface area contributed by atoms with Crippen LogP contribution in [0.2, 0.25) is 0 Å². The number of amides is 1. The average Bonchev–Trinajstić information content (AvgIpc) is 3.11. The minimum atomic E-state index is -0.704. The summed E-state index contributed by atoms with van der Waals surface area (Å²) in [6, 6.07) is 4.03. The van der Waals surface area contributed by atoms with Crippen molar-refractivity contribution in [3.63, 3.8) is 0 Å². The Morgan fingerprint density at radius 1 is 1.30 bits per heavy atom. The highest BCUT2D eigenvalue weighted by Gasteiger charge is 2.23. The van der Waals surface area contributed by atoms with Crippen molar-refractivity contribution >= 4 is 28.3 Å². The second-order valence-corrected chi connectivity index (χ2v) is 8.76. The fourth-order valence-corrected chi connectivity index (χ4v) is 3.91. The van der Waals surface area contributed by atoms with Gasteiger partial charge in [-0.15, -0.1) is 0 Å². The Hall–Kier alpha value is -3.38. The molecule has 1 saturated heterocycles. The lowest BCUT2D eigenvalue weighted by Crippen LogP contribution is -2.35. The average molecular weight is 474 g/mol. The van der Waals surface area contributed by atoms with Crippen LogP contribution in [0.15, 0.2) is 24.4 Å². The van der Waals surface area contributed by atoms with E-state index < -0.39 is 5.82 Å². The molecule has 1 fully saturated rings. The first kappa shape index (κ1) is 22.8. The third-order valence-electron chi connectivity index (χ3n) is 5.08. The molecule has 0 bridgehead atoms. The fraction of sp³-hybridized carbons (Fsp3) is 0.381. The second-order valence-electron chi connectivity index (χ2n) is 7.69. The number of rotatable bonds is 5. The summed E-state index contributed by atoms with van der Waals surface area (Å²) < 4.78 is 26.0. The first-order valence-electron chi connectivity index (χ1n) is 10.3. The van der Waals surface area contributed by atoms with Gasteiger partial charge in [-0.3, -0.25) is 4.79 Å². The lowest BCUT2D eigenvalue weighted by atomic mass is 10.2. The summed E-state index contributed by atoms with van der Waals surface area (Å²) in [5.41, 5.74) is 5.99. The second kappa shape index (κ2) is 9.63. The number of halogens is 1. The lowest BCUT2D eigenvalue weighted by Gasteiger charge is -2.26. The number of hydrogen-bond donors (Lipinski definition) is 1. The number of thiazole rings is 1. The van der Waals surface area contributed by atoms with E-state index in [9.17, 15) is 9.18 Å². The monoisotopic (exact) mass is 473 g/mol. The Morgan fingerprint density at radius 3 is 2.82 bits per heavy atom. The van der Waals surface area contributed by atoms with E-state index in [-0.39, 0.29) is 29.3 Å². The molecule has 3 aromatic rings. The summed E-state index contributed by atoms with van der Waals surface area (Å²) in [4.78, 5) is 33.6. The van der Waals surface area contributed by atoms with Crippen LogP contribution in [0.25, 0.3) is 10.7 Å². The van der Waals surface area contributed by atoms with Crippen molar-refractivity contribution in [3.05, 3.63) is 35.8 Å². The molecule has 1 amide bonds. The zero-order valence-corrected chi connectivity index (χ0v) is 19.3. The molecular formula is C21H24FN7O3S.